The van der Waals surface area contributed by atoms with Crippen molar-refractivity contribution in [3.05, 3.63) is 53.5 Å². The first kappa shape index (κ1) is 18.2. The minimum Gasteiger partial charge on any atom is -0.383 e. The molecule has 146 valence electrons. The normalized spacial score (nSPS) is 14.2. The van der Waals surface area contributed by atoms with E-state index in [1.54, 1.807) is 23.9 Å². The zero-order chi connectivity index (χ0) is 20.2. The summed E-state index contributed by atoms with van der Waals surface area (Å²) in [6.07, 6.45) is 2.06. The Bertz CT molecular complexity index is 1090. The third-order valence-electron chi connectivity index (χ3n) is 5.31. The summed E-state index contributed by atoms with van der Waals surface area (Å²) in [7, 11) is 3.48. The lowest BCUT2D eigenvalue weighted by Gasteiger charge is -2.30. The quantitative estimate of drug-likeness (QED) is 0.754. The molecule has 1 aromatic carbocycles. The van der Waals surface area contributed by atoms with Crippen LogP contribution in [0.15, 0.2) is 31.0 Å². The molecule has 0 aliphatic carbocycles. The SMILES string of the molecule is C=C1c2c(nc3n(CCNc4cc(C)cc(C)c4)c(C)cn23)N(C)C(=O)N1C. The van der Waals surface area contributed by atoms with Crippen LogP contribution >= 0.6 is 0 Å². The second kappa shape index (κ2) is 6.44. The van der Waals surface area contributed by atoms with Crippen LogP contribution in [0.3, 0.4) is 0 Å². The topological polar surface area (TPSA) is 57.8 Å². The molecule has 0 saturated carbocycles. The van der Waals surface area contributed by atoms with Gasteiger partial charge in [-0.25, -0.2) is 4.79 Å². The van der Waals surface area contributed by atoms with Gasteiger partial charge in [0.1, 0.15) is 5.69 Å². The van der Waals surface area contributed by atoms with E-state index in [9.17, 15) is 4.79 Å². The first-order valence-electron chi connectivity index (χ1n) is 9.39. The Labute approximate surface area is 164 Å². The predicted molar refractivity (Wildman–Crippen MR) is 113 cm³/mol. The minimum atomic E-state index is -0.127. The lowest BCUT2D eigenvalue weighted by Crippen LogP contribution is -2.42. The molecule has 0 atom stereocenters. The summed E-state index contributed by atoms with van der Waals surface area (Å²) in [6.45, 7) is 11.9. The van der Waals surface area contributed by atoms with Gasteiger partial charge < -0.3 is 9.88 Å². The van der Waals surface area contributed by atoms with Crippen LogP contribution in [-0.4, -0.2) is 45.5 Å². The number of hydrogen-bond acceptors (Lipinski definition) is 3. The van der Waals surface area contributed by atoms with Crippen molar-refractivity contribution in [2.75, 3.05) is 30.9 Å². The molecule has 2 aromatic heterocycles. The monoisotopic (exact) mass is 378 g/mol. The van der Waals surface area contributed by atoms with E-state index in [2.05, 4.69) is 61.6 Å². The van der Waals surface area contributed by atoms with Crippen molar-refractivity contribution < 1.29 is 4.79 Å². The van der Waals surface area contributed by atoms with Gasteiger partial charge in [0.05, 0.1) is 5.70 Å². The molecule has 0 bridgehead atoms. The van der Waals surface area contributed by atoms with Gasteiger partial charge in [-0.2, -0.15) is 4.98 Å². The summed E-state index contributed by atoms with van der Waals surface area (Å²) in [6, 6.07) is 6.35. The fourth-order valence-corrected chi connectivity index (χ4v) is 3.89. The van der Waals surface area contributed by atoms with E-state index in [4.69, 9.17) is 4.98 Å². The molecule has 1 aliphatic heterocycles. The second-order valence-corrected chi connectivity index (χ2v) is 7.53. The molecule has 4 rings (SSSR count). The molecule has 0 spiro atoms. The van der Waals surface area contributed by atoms with E-state index >= 15 is 0 Å². The maximum absolute atomic E-state index is 12.4. The molecule has 1 N–H and O–H groups in total. The first-order valence-corrected chi connectivity index (χ1v) is 9.39. The summed E-state index contributed by atoms with van der Waals surface area (Å²) in [5, 5.41) is 3.50. The zero-order valence-corrected chi connectivity index (χ0v) is 17.1. The van der Waals surface area contributed by atoms with Crippen molar-refractivity contribution in [3.63, 3.8) is 0 Å². The van der Waals surface area contributed by atoms with Crippen LogP contribution in [0.2, 0.25) is 0 Å². The Kier molecular flexibility index (Phi) is 4.18. The number of aryl methyl sites for hydroxylation is 3. The third kappa shape index (κ3) is 2.74. The molecule has 0 unspecified atom stereocenters. The van der Waals surface area contributed by atoms with Crippen LogP contribution in [0.25, 0.3) is 11.5 Å². The van der Waals surface area contributed by atoms with Crippen LogP contribution in [0.1, 0.15) is 22.5 Å². The molecule has 2 amide bonds. The predicted octanol–water partition coefficient (Wildman–Crippen LogP) is 3.65. The van der Waals surface area contributed by atoms with E-state index < -0.39 is 0 Å². The Balaban J connectivity index is 1.64. The van der Waals surface area contributed by atoms with Gasteiger partial charge in [0.25, 0.3) is 0 Å². The lowest BCUT2D eigenvalue weighted by molar-refractivity contribution is 0.230. The van der Waals surface area contributed by atoms with Crippen molar-refractivity contribution >= 4 is 29.0 Å². The van der Waals surface area contributed by atoms with Crippen LogP contribution < -0.4 is 10.2 Å². The number of carbonyl (C=O) groups is 1. The van der Waals surface area contributed by atoms with E-state index in [0.29, 0.717) is 11.5 Å². The van der Waals surface area contributed by atoms with Gasteiger partial charge in [-0.05, 0) is 44.0 Å². The first-order chi connectivity index (χ1) is 13.3. The molecular formula is C21H26N6O. The van der Waals surface area contributed by atoms with E-state index in [-0.39, 0.29) is 6.03 Å². The Morgan fingerprint density at radius 2 is 1.75 bits per heavy atom. The number of nitrogens with zero attached hydrogens (tertiary/aromatic N) is 5. The van der Waals surface area contributed by atoms with E-state index in [1.165, 1.54) is 11.1 Å². The smallest absolute Gasteiger partial charge is 0.329 e. The molecule has 0 radical (unpaired) electrons. The second-order valence-electron chi connectivity index (χ2n) is 7.53. The lowest BCUT2D eigenvalue weighted by atomic mass is 10.1. The van der Waals surface area contributed by atoms with Crippen LogP contribution in [0, 0.1) is 20.8 Å². The zero-order valence-electron chi connectivity index (χ0n) is 17.1. The van der Waals surface area contributed by atoms with Gasteiger partial charge in [-0.1, -0.05) is 12.6 Å². The van der Waals surface area contributed by atoms with Crippen molar-refractivity contribution in [1.82, 2.24) is 18.9 Å². The van der Waals surface area contributed by atoms with Crippen LogP contribution in [0.5, 0.6) is 0 Å². The van der Waals surface area contributed by atoms with E-state index in [0.717, 1.165) is 35.9 Å². The van der Waals surface area contributed by atoms with Crippen LogP contribution in [0.4, 0.5) is 16.3 Å². The number of benzene rings is 1. The summed E-state index contributed by atoms with van der Waals surface area (Å²) in [5.74, 6) is 1.47. The highest BCUT2D eigenvalue weighted by Crippen LogP contribution is 2.34. The van der Waals surface area contributed by atoms with Crippen molar-refractivity contribution in [3.8, 4) is 0 Å². The molecule has 28 heavy (non-hydrogen) atoms. The number of amides is 2. The number of rotatable bonds is 4. The number of urea groups is 1. The fraction of sp³-hybridized carbons (Fsp3) is 0.333. The van der Waals surface area contributed by atoms with E-state index in [1.807, 2.05) is 4.40 Å². The molecule has 0 fully saturated rings. The maximum Gasteiger partial charge on any atom is 0.329 e. The number of nitrogens with one attached hydrogen (secondary N) is 1. The van der Waals surface area contributed by atoms with Gasteiger partial charge in [-0.15, -0.1) is 0 Å². The van der Waals surface area contributed by atoms with Gasteiger partial charge in [-0.3, -0.25) is 14.2 Å². The standard InChI is InChI=1S/C21H26N6O/c1-13-9-14(2)11-17(10-13)22-7-8-26-15(3)12-27-18-16(4)24(5)21(28)25(6)19(18)23-20(26)27/h9-12,22H,4,7-8H2,1-3,5-6H3. The van der Waals surface area contributed by atoms with Crippen LogP contribution in [-0.2, 0) is 6.54 Å². The average molecular weight is 378 g/mol. The highest BCUT2D eigenvalue weighted by atomic mass is 16.2. The number of hydrogen-bond donors (Lipinski definition) is 1. The molecule has 3 heterocycles. The van der Waals surface area contributed by atoms with Gasteiger partial charge in [0, 0.05) is 44.8 Å². The number of anilines is 2. The summed E-state index contributed by atoms with van der Waals surface area (Å²) in [4.78, 5) is 20.3. The third-order valence-corrected chi connectivity index (χ3v) is 5.31. The number of imidazole rings is 2. The number of carbonyl (C=O) groups excluding carboxylic acids is 1. The largest absolute Gasteiger partial charge is 0.383 e. The highest BCUT2D eigenvalue weighted by molar-refractivity contribution is 6.02. The number of fused-ring (bicyclic) bond motifs is 3. The summed E-state index contributed by atoms with van der Waals surface area (Å²) >= 11 is 0. The maximum atomic E-state index is 12.4. The summed E-state index contributed by atoms with van der Waals surface area (Å²) < 4.78 is 4.20. The van der Waals surface area contributed by atoms with Crippen molar-refractivity contribution in [2.45, 2.75) is 27.3 Å². The molecule has 0 saturated heterocycles. The van der Waals surface area contributed by atoms with Crippen molar-refractivity contribution in [2.24, 2.45) is 0 Å². The Hall–Kier alpha value is -3.22. The molecule has 1 aliphatic rings. The fourth-order valence-electron chi connectivity index (χ4n) is 3.89. The molecular weight excluding hydrogens is 352 g/mol. The number of aromatic nitrogens is 3. The van der Waals surface area contributed by atoms with Gasteiger partial charge >= 0.3 is 6.03 Å². The molecule has 7 nitrogen and oxygen atoms in total. The minimum absolute atomic E-state index is 0.127. The van der Waals surface area contributed by atoms with Gasteiger partial charge in [0.15, 0.2) is 5.82 Å². The molecule has 7 heteroatoms. The average Bonchev–Trinajstić information content (AvgIpc) is 3.13. The summed E-state index contributed by atoms with van der Waals surface area (Å²) in [5.41, 5.74) is 6.26. The highest BCUT2D eigenvalue weighted by Gasteiger charge is 2.33. The molecule has 3 aromatic rings. The Morgan fingerprint density at radius 3 is 2.43 bits per heavy atom. The van der Waals surface area contributed by atoms with Crippen molar-refractivity contribution in [1.29, 1.82) is 0 Å². The van der Waals surface area contributed by atoms with Gasteiger partial charge in [0.2, 0.25) is 5.78 Å². The Morgan fingerprint density at radius 1 is 1.07 bits per heavy atom.